The molecule has 1 N–H and O–H groups in total. The molecule has 3 aromatic rings. The molecule has 1 aromatic carbocycles. The van der Waals surface area contributed by atoms with Gasteiger partial charge < -0.3 is 24.3 Å². The molecule has 5 rings (SSSR count). The van der Waals surface area contributed by atoms with E-state index >= 15 is 0 Å². The first-order valence-corrected chi connectivity index (χ1v) is 10.9. The lowest BCUT2D eigenvalue weighted by Gasteiger charge is -2.34. The topological polar surface area (TPSA) is 84.8 Å². The van der Waals surface area contributed by atoms with E-state index in [-0.39, 0.29) is 23.7 Å². The average molecular weight is 476 g/mol. The molecule has 0 spiro atoms. The van der Waals surface area contributed by atoms with Crippen molar-refractivity contribution >= 4 is 22.9 Å². The number of aromatic nitrogens is 3. The predicted molar refractivity (Wildman–Crippen MR) is 117 cm³/mol. The predicted octanol–water partition coefficient (Wildman–Crippen LogP) is 3.07. The van der Waals surface area contributed by atoms with E-state index in [1.807, 2.05) is 4.90 Å². The van der Waals surface area contributed by atoms with Crippen LogP contribution in [0, 0.1) is 0 Å². The Bertz CT molecular complexity index is 1190. The highest BCUT2D eigenvalue weighted by atomic mass is 19.4. The fourth-order valence-corrected chi connectivity index (χ4v) is 4.13. The molecule has 9 nitrogen and oxygen atoms in total. The number of fused-ring (bicyclic) bond motifs is 2. The number of nitrogens with one attached hydrogen (secondary N) is 1. The van der Waals surface area contributed by atoms with Gasteiger partial charge in [-0.3, -0.25) is 4.90 Å². The lowest BCUT2D eigenvalue weighted by molar-refractivity contribution is -0.147. The molecule has 4 heterocycles. The van der Waals surface area contributed by atoms with Gasteiger partial charge in [-0.1, -0.05) is 0 Å². The minimum absolute atomic E-state index is 0.103. The van der Waals surface area contributed by atoms with E-state index in [9.17, 15) is 18.0 Å². The molecule has 0 bridgehead atoms. The van der Waals surface area contributed by atoms with Crippen molar-refractivity contribution in [2.45, 2.75) is 12.7 Å². The van der Waals surface area contributed by atoms with Gasteiger partial charge in [0, 0.05) is 57.2 Å². The lowest BCUT2D eigenvalue weighted by Crippen LogP contribution is -2.50. The maximum Gasteiger partial charge on any atom is 0.449 e. The Morgan fingerprint density at radius 2 is 1.79 bits per heavy atom. The first kappa shape index (κ1) is 22.3. The molecule has 2 amide bonds. The number of amides is 2. The van der Waals surface area contributed by atoms with Gasteiger partial charge in [-0.05, 0) is 24.3 Å². The second-order valence-electron chi connectivity index (χ2n) is 8.05. The summed E-state index contributed by atoms with van der Waals surface area (Å²) < 4.78 is 52.6. The number of urea groups is 1. The molecule has 0 radical (unpaired) electrons. The fourth-order valence-electron chi connectivity index (χ4n) is 4.13. The number of carbonyl (C=O) groups is 1. The SMILES string of the molecule is O=C(Nc1ccc2c(c1)OCCO2)N1CCN(CCn2c(C(F)(F)F)nc3cccnc32)CC1. The Hall–Kier alpha value is -3.54. The fraction of sp³-hybridized carbons (Fsp3) is 0.409. The highest BCUT2D eigenvalue weighted by Crippen LogP contribution is 2.33. The molecule has 0 aliphatic carbocycles. The van der Waals surface area contributed by atoms with E-state index in [4.69, 9.17) is 9.47 Å². The van der Waals surface area contributed by atoms with Gasteiger partial charge in [-0.15, -0.1) is 0 Å². The van der Waals surface area contributed by atoms with E-state index in [2.05, 4.69) is 15.3 Å². The van der Waals surface area contributed by atoms with Crippen molar-refractivity contribution in [2.24, 2.45) is 0 Å². The number of ether oxygens (including phenoxy) is 2. The molecule has 0 unspecified atom stereocenters. The zero-order valence-corrected chi connectivity index (χ0v) is 18.2. The number of piperazine rings is 1. The second kappa shape index (κ2) is 9.01. The molecule has 12 heteroatoms. The normalized spacial score (nSPS) is 16.6. The van der Waals surface area contributed by atoms with Crippen molar-refractivity contribution in [2.75, 3.05) is 51.3 Å². The van der Waals surface area contributed by atoms with Crippen molar-refractivity contribution in [3.8, 4) is 11.5 Å². The van der Waals surface area contributed by atoms with E-state index in [0.717, 1.165) is 4.57 Å². The molecule has 1 fully saturated rings. The van der Waals surface area contributed by atoms with Crippen LogP contribution in [0.15, 0.2) is 36.5 Å². The van der Waals surface area contributed by atoms with Gasteiger partial charge >= 0.3 is 12.2 Å². The van der Waals surface area contributed by atoms with Crippen molar-refractivity contribution < 1.29 is 27.4 Å². The third-order valence-corrected chi connectivity index (χ3v) is 5.85. The van der Waals surface area contributed by atoms with Gasteiger partial charge in [-0.2, -0.15) is 13.2 Å². The largest absolute Gasteiger partial charge is 0.486 e. The highest BCUT2D eigenvalue weighted by molar-refractivity contribution is 5.89. The second-order valence-corrected chi connectivity index (χ2v) is 8.05. The standard InChI is InChI=1S/C22H23F3N6O3/c23-22(24,25)20-28-16-2-1-5-26-19(16)31(20)11-8-29-6-9-30(10-7-29)21(32)27-15-3-4-17-18(14-15)34-13-12-33-17/h1-5,14H,6-13H2,(H,27,32). The zero-order valence-electron chi connectivity index (χ0n) is 18.2. The number of hydrogen-bond donors (Lipinski definition) is 1. The van der Waals surface area contributed by atoms with Crippen LogP contribution in [0.1, 0.15) is 5.82 Å². The molecular weight excluding hydrogens is 453 g/mol. The Labute approximate surface area is 193 Å². The third kappa shape index (κ3) is 4.58. The summed E-state index contributed by atoms with van der Waals surface area (Å²) in [5, 5.41) is 2.86. The summed E-state index contributed by atoms with van der Waals surface area (Å²) in [6.07, 6.45) is -3.11. The van der Waals surface area contributed by atoms with Gasteiger partial charge in [0.25, 0.3) is 0 Å². The van der Waals surface area contributed by atoms with Crippen LogP contribution in [0.4, 0.5) is 23.7 Å². The summed E-state index contributed by atoms with van der Waals surface area (Å²) in [5.74, 6) is 0.291. The van der Waals surface area contributed by atoms with Crippen molar-refractivity contribution in [3.05, 3.63) is 42.4 Å². The van der Waals surface area contributed by atoms with Crippen LogP contribution in [0.3, 0.4) is 0 Å². The summed E-state index contributed by atoms with van der Waals surface area (Å²) in [6, 6.07) is 8.09. The highest BCUT2D eigenvalue weighted by Gasteiger charge is 2.38. The zero-order chi connectivity index (χ0) is 23.7. The number of benzene rings is 1. The van der Waals surface area contributed by atoms with E-state index in [1.54, 1.807) is 29.2 Å². The Kier molecular flexibility index (Phi) is 5.90. The van der Waals surface area contributed by atoms with Crippen LogP contribution in [-0.2, 0) is 12.7 Å². The molecule has 34 heavy (non-hydrogen) atoms. The summed E-state index contributed by atoms with van der Waals surface area (Å²) in [6.45, 7) is 3.48. The van der Waals surface area contributed by atoms with Crippen molar-refractivity contribution in [3.63, 3.8) is 0 Å². The summed E-state index contributed by atoms with van der Waals surface area (Å²) in [5.41, 5.74) is 1.04. The molecule has 2 aliphatic rings. The molecule has 2 aromatic heterocycles. The quantitative estimate of drug-likeness (QED) is 0.623. The lowest BCUT2D eigenvalue weighted by atomic mass is 10.2. The van der Waals surface area contributed by atoms with Crippen molar-refractivity contribution in [1.29, 1.82) is 0 Å². The number of anilines is 1. The molecule has 180 valence electrons. The van der Waals surface area contributed by atoms with Crippen LogP contribution in [0.2, 0.25) is 0 Å². The average Bonchev–Trinajstić information content (AvgIpc) is 3.22. The van der Waals surface area contributed by atoms with Crippen molar-refractivity contribution in [1.82, 2.24) is 24.3 Å². The number of alkyl halides is 3. The third-order valence-electron chi connectivity index (χ3n) is 5.85. The van der Waals surface area contributed by atoms with Crippen LogP contribution >= 0.6 is 0 Å². The summed E-state index contributed by atoms with van der Waals surface area (Å²) in [7, 11) is 0. The number of nitrogens with zero attached hydrogens (tertiary/aromatic N) is 5. The Morgan fingerprint density at radius 3 is 2.56 bits per heavy atom. The summed E-state index contributed by atoms with van der Waals surface area (Å²) >= 11 is 0. The van der Waals surface area contributed by atoms with Crippen LogP contribution < -0.4 is 14.8 Å². The summed E-state index contributed by atoms with van der Waals surface area (Å²) in [4.78, 5) is 24.2. The van der Waals surface area contributed by atoms with Crippen LogP contribution in [-0.4, -0.2) is 76.3 Å². The van der Waals surface area contributed by atoms with Crippen LogP contribution in [0.5, 0.6) is 11.5 Å². The number of pyridine rings is 1. The number of carbonyl (C=O) groups excluding carboxylic acids is 1. The molecule has 0 atom stereocenters. The minimum atomic E-state index is -4.56. The first-order valence-electron chi connectivity index (χ1n) is 10.9. The Balaban J connectivity index is 1.17. The van der Waals surface area contributed by atoms with Gasteiger partial charge in [0.15, 0.2) is 17.1 Å². The monoisotopic (exact) mass is 476 g/mol. The van der Waals surface area contributed by atoms with Gasteiger partial charge in [-0.25, -0.2) is 14.8 Å². The first-order chi connectivity index (χ1) is 16.4. The number of halogens is 3. The maximum absolute atomic E-state index is 13.5. The van der Waals surface area contributed by atoms with E-state index in [1.165, 1.54) is 12.3 Å². The van der Waals surface area contributed by atoms with Gasteiger partial charge in [0.05, 0.1) is 0 Å². The van der Waals surface area contributed by atoms with E-state index < -0.39 is 12.0 Å². The molecule has 1 saturated heterocycles. The number of hydrogen-bond acceptors (Lipinski definition) is 6. The number of imidazole rings is 1. The smallest absolute Gasteiger partial charge is 0.449 e. The molecular formula is C22H23F3N6O3. The maximum atomic E-state index is 13.5. The van der Waals surface area contributed by atoms with Gasteiger partial charge in [0.2, 0.25) is 5.82 Å². The van der Waals surface area contributed by atoms with Gasteiger partial charge in [0.1, 0.15) is 18.7 Å². The Morgan fingerprint density at radius 1 is 1.03 bits per heavy atom. The van der Waals surface area contributed by atoms with E-state index in [0.29, 0.717) is 63.1 Å². The molecule has 2 aliphatic heterocycles. The minimum Gasteiger partial charge on any atom is -0.486 e. The van der Waals surface area contributed by atoms with Crippen LogP contribution in [0.25, 0.3) is 11.2 Å². The number of rotatable bonds is 4. The molecule has 0 saturated carbocycles.